The summed E-state index contributed by atoms with van der Waals surface area (Å²) >= 11 is 0. The fraction of sp³-hybridized carbons (Fsp3) is 0.636. The summed E-state index contributed by atoms with van der Waals surface area (Å²) in [5.74, 6) is -1.89. The summed E-state index contributed by atoms with van der Waals surface area (Å²) in [6, 6.07) is 0. The Morgan fingerprint density at radius 2 is 1.76 bits per heavy atom. The van der Waals surface area contributed by atoms with Crippen molar-refractivity contribution in [3.05, 3.63) is 12.2 Å². The maximum Gasteiger partial charge on any atom is 0.331 e. The van der Waals surface area contributed by atoms with Crippen LogP contribution < -0.4 is 0 Å². The van der Waals surface area contributed by atoms with E-state index < -0.39 is 11.9 Å². The van der Waals surface area contributed by atoms with E-state index in [1.807, 2.05) is 13.8 Å². The number of aliphatic carboxylic acids is 1. The third kappa shape index (κ3) is 12.5. The minimum absolute atomic E-state index is 0.0878. The van der Waals surface area contributed by atoms with E-state index in [-0.39, 0.29) is 19.3 Å². The molecule has 0 aromatic rings. The number of carbonyl (C=O) groups is 2. The minimum Gasteiger partial charge on any atom is -0.478 e. The van der Waals surface area contributed by atoms with Crippen LogP contribution in [-0.2, 0) is 23.8 Å². The number of esters is 1. The first kappa shape index (κ1) is 15.6. The monoisotopic (exact) mass is 246 g/mol. The Hall–Kier alpha value is -1.40. The van der Waals surface area contributed by atoms with Gasteiger partial charge in [-0.15, -0.1) is 0 Å². The molecule has 98 valence electrons. The molecule has 0 aromatic carbocycles. The Balaban J connectivity index is 3.34. The van der Waals surface area contributed by atoms with Crippen molar-refractivity contribution in [1.29, 1.82) is 0 Å². The Morgan fingerprint density at radius 3 is 2.35 bits per heavy atom. The number of carboxylic acid groups (broad SMARTS) is 1. The van der Waals surface area contributed by atoms with Crippen molar-refractivity contribution in [3.8, 4) is 0 Å². The third-order valence-electron chi connectivity index (χ3n) is 1.51. The van der Waals surface area contributed by atoms with Crippen molar-refractivity contribution in [1.82, 2.24) is 0 Å². The summed E-state index contributed by atoms with van der Waals surface area (Å²) in [4.78, 5) is 20.9. The van der Waals surface area contributed by atoms with Gasteiger partial charge in [0, 0.05) is 12.2 Å². The van der Waals surface area contributed by atoms with Crippen molar-refractivity contribution in [3.63, 3.8) is 0 Å². The number of hydrogen-bond acceptors (Lipinski definition) is 5. The van der Waals surface area contributed by atoms with Crippen LogP contribution in [0.15, 0.2) is 12.2 Å². The summed E-state index contributed by atoms with van der Waals surface area (Å²) in [7, 11) is 0. The zero-order valence-corrected chi connectivity index (χ0v) is 10.0. The molecule has 0 aliphatic rings. The van der Waals surface area contributed by atoms with Crippen molar-refractivity contribution in [2.45, 2.75) is 20.0 Å². The summed E-state index contributed by atoms with van der Waals surface area (Å²) < 4.78 is 15.0. The predicted molar refractivity (Wildman–Crippen MR) is 59.6 cm³/mol. The molecule has 0 spiro atoms. The van der Waals surface area contributed by atoms with Gasteiger partial charge in [-0.3, -0.25) is 0 Å². The van der Waals surface area contributed by atoms with Gasteiger partial charge in [-0.1, -0.05) is 0 Å². The van der Waals surface area contributed by atoms with Gasteiger partial charge in [-0.25, -0.2) is 9.59 Å². The van der Waals surface area contributed by atoms with Crippen LogP contribution in [0.1, 0.15) is 13.8 Å². The van der Waals surface area contributed by atoms with Crippen LogP contribution in [0.5, 0.6) is 0 Å². The lowest BCUT2D eigenvalue weighted by atomic mass is 10.5. The largest absolute Gasteiger partial charge is 0.478 e. The molecule has 0 heterocycles. The Morgan fingerprint density at radius 1 is 1.12 bits per heavy atom. The van der Waals surface area contributed by atoms with Crippen LogP contribution in [-0.4, -0.2) is 49.6 Å². The number of hydrogen-bond donors (Lipinski definition) is 1. The first-order valence-corrected chi connectivity index (χ1v) is 5.29. The lowest BCUT2D eigenvalue weighted by molar-refractivity contribution is -0.140. The van der Waals surface area contributed by atoms with E-state index in [9.17, 15) is 9.59 Å². The fourth-order valence-corrected chi connectivity index (χ4v) is 0.833. The van der Waals surface area contributed by atoms with Gasteiger partial charge in [0.05, 0.1) is 25.9 Å². The van der Waals surface area contributed by atoms with Crippen LogP contribution in [0.2, 0.25) is 0 Å². The number of carboxylic acids is 1. The summed E-state index contributed by atoms with van der Waals surface area (Å²) in [5.41, 5.74) is 0. The first-order chi connectivity index (χ1) is 8.02. The molecule has 0 aromatic heterocycles. The van der Waals surface area contributed by atoms with Crippen molar-refractivity contribution in [2.75, 3.05) is 26.4 Å². The predicted octanol–water partition coefficient (Wildman–Crippen LogP) is 0.612. The Labute approximate surface area is 100 Å². The van der Waals surface area contributed by atoms with Gasteiger partial charge in [0.1, 0.15) is 6.61 Å². The van der Waals surface area contributed by atoms with Crippen molar-refractivity contribution < 1.29 is 28.9 Å². The van der Waals surface area contributed by atoms with Gasteiger partial charge in [0.25, 0.3) is 0 Å². The van der Waals surface area contributed by atoms with E-state index >= 15 is 0 Å². The van der Waals surface area contributed by atoms with Crippen molar-refractivity contribution in [2.24, 2.45) is 0 Å². The second-order valence-corrected chi connectivity index (χ2v) is 3.37. The molecular formula is C11H18O6. The van der Waals surface area contributed by atoms with Crippen LogP contribution in [0.3, 0.4) is 0 Å². The van der Waals surface area contributed by atoms with Crippen LogP contribution in [0.25, 0.3) is 0 Å². The maximum atomic E-state index is 10.9. The van der Waals surface area contributed by atoms with Gasteiger partial charge < -0.3 is 19.3 Å². The highest BCUT2D eigenvalue weighted by atomic mass is 16.6. The molecule has 0 unspecified atom stereocenters. The molecule has 0 aliphatic carbocycles. The van der Waals surface area contributed by atoms with E-state index in [0.717, 1.165) is 12.2 Å². The first-order valence-electron chi connectivity index (χ1n) is 5.29. The minimum atomic E-state index is -1.19. The van der Waals surface area contributed by atoms with E-state index in [4.69, 9.17) is 14.6 Å². The van der Waals surface area contributed by atoms with E-state index in [1.165, 1.54) is 0 Å². The molecule has 6 heteroatoms. The number of rotatable bonds is 9. The Bertz CT molecular complexity index is 259. The van der Waals surface area contributed by atoms with Crippen molar-refractivity contribution >= 4 is 11.9 Å². The lowest BCUT2D eigenvalue weighted by Gasteiger charge is -2.07. The molecule has 0 saturated heterocycles. The Kier molecular flexibility index (Phi) is 8.99. The zero-order chi connectivity index (χ0) is 13.1. The molecule has 0 rings (SSSR count). The SMILES string of the molecule is CC(C)OCCOCCOC(=O)/C=C\C(=O)O. The van der Waals surface area contributed by atoms with Gasteiger partial charge in [-0.05, 0) is 13.8 Å². The van der Waals surface area contributed by atoms with Gasteiger partial charge in [0.15, 0.2) is 0 Å². The summed E-state index contributed by atoms with van der Waals surface area (Å²) in [6.07, 6.45) is 1.74. The number of carbonyl (C=O) groups excluding carboxylic acids is 1. The average Bonchev–Trinajstić information content (AvgIpc) is 2.24. The smallest absolute Gasteiger partial charge is 0.331 e. The molecule has 0 fully saturated rings. The molecule has 0 radical (unpaired) electrons. The van der Waals surface area contributed by atoms with Crippen LogP contribution >= 0.6 is 0 Å². The van der Waals surface area contributed by atoms with Gasteiger partial charge in [-0.2, -0.15) is 0 Å². The molecule has 1 N–H and O–H groups in total. The highest BCUT2D eigenvalue weighted by Gasteiger charge is 1.98. The van der Waals surface area contributed by atoms with E-state index in [0.29, 0.717) is 13.2 Å². The number of ether oxygens (including phenoxy) is 3. The average molecular weight is 246 g/mol. The topological polar surface area (TPSA) is 82.1 Å². The van der Waals surface area contributed by atoms with Crippen LogP contribution in [0.4, 0.5) is 0 Å². The maximum absolute atomic E-state index is 10.9. The molecule has 0 amide bonds. The van der Waals surface area contributed by atoms with Crippen LogP contribution in [0, 0.1) is 0 Å². The summed E-state index contributed by atoms with van der Waals surface area (Å²) in [6.45, 7) is 5.12. The molecule has 17 heavy (non-hydrogen) atoms. The second kappa shape index (κ2) is 9.80. The molecule has 0 saturated carbocycles. The lowest BCUT2D eigenvalue weighted by Crippen LogP contribution is -2.13. The summed E-state index contributed by atoms with van der Waals surface area (Å²) in [5, 5.41) is 8.24. The molecule has 0 atom stereocenters. The zero-order valence-electron chi connectivity index (χ0n) is 10.0. The van der Waals surface area contributed by atoms with E-state index in [1.54, 1.807) is 0 Å². The normalized spacial score (nSPS) is 11.0. The van der Waals surface area contributed by atoms with Gasteiger partial charge in [0.2, 0.25) is 0 Å². The van der Waals surface area contributed by atoms with E-state index in [2.05, 4.69) is 4.74 Å². The molecule has 0 aliphatic heterocycles. The quantitative estimate of drug-likeness (QED) is 0.364. The molecular weight excluding hydrogens is 228 g/mol. The second-order valence-electron chi connectivity index (χ2n) is 3.37. The van der Waals surface area contributed by atoms with Gasteiger partial charge >= 0.3 is 11.9 Å². The molecule has 0 bridgehead atoms. The third-order valence-corrected chi connectivity index (χ3v) is 1.51. The fourth-order valence-electron chi connectivity index (χ4n) is 0.833. The highest BCUT2D eigenvalue weighted by molar-refractivity contribution is 5.90. The highest BCUT2D eigenvalue weighted by Crippen LogP contribution is 1.88. The molecule has 6 nitrogen and oxygen atoms in total. The standard InChI is InChI=1S/C11H18O6/c1-9(2)16-7-5-15-6-8-17-11(14)4-3-10(12)13/h3-4,9H,5-8H2,1-2H3,(H,12,13)/b4-3-.